The first-order valence-corrected chi connectivity index (χ1v) is 20.9. The average Bonchev–Trinajstić information content (AvgIpc) is 3.54. The molecule has 1 aliphatic carbocycles. The van der Waals surface area contributed by atoms with Gasteiger partial charge in [0, 0.05) is 50.4 Å². The molecule has 1 N–H and O–H groups in total. The molecule has 4 aliphatic heterocycles. The number of nitrogens with zero attached hydrogens (tertiary/aromatic N) is 4. The van der Waals surface area contributed by atoms with Crippen LogP contribution in [-0.2, 0) is 29.7 Å². The van der Waals surface area contributed by atoms with Gasteiger partial charge in [-0.15, -0.1) is 0 Å². The van der Waals surface area contributed by atoms with Crippen molar-refractivity contribution in [2.24, 2.45) is 18.4 Å². The molecule has 1 aromatic heterocycles. The van der Waals surface area contributed by atoms with Gasteiger partial charge in [0.25, 0.3) is 11.5 Å². The van der Waals surface area contributed by atoms with E-state index in [1.165, 1.54) is 29.5 Å². The summed E-state index contributed by atoms with van der Waals surface area (Å²) in [5, 5.41) is 3.37. The van der Waals surface area contributed by atoms with Gasteiger partial charge >= 0.3 is 0 Å². The summed E-state index contributed by atoms with van der Waals surface area (Å²) in [6, 6.07) is 13.4. The third-order valence-electron chi connectivity index (χ3n) is 13.7. The van der Waals surface area contributed by atoms with Gasteiger partial charge in [-0.1, -0.05) is 12.1 Å². The van der Waals surface area contributed by atoms with E-state index in [1.54, 1.807) is 38.4 Å². The Hall–Kier alpha value is -5.27. The van der Waals surface area contributed by atoms with Crippen LogP contribution in [0.15, 0.2) is 59.5 Å². The third kappa shape index (κ3) is 7.59. The number of aryl methyl sites for hydroxylation is 1. The lowest BCUT2D eigenvalue weighted by atomic mass is 9.61. The molecule has 3 saturated heterocycles. The molecular weight excluding hydrogens is 754 g/mol. The van der Waals surface area contributed by atoms with Crippen molar-refractivity contribution in [3.8, 4) is 28.4 Å². The van der Waals surface area contributed by atoms with Gasteiger partial charge in [-0.3, -0.25) is 29.4 Å². The number of nitrogens with one attached hydrogen (secondary N) is 1. The van der Waals surface area contributed by atoms with E-state index in [4.69, 9.17) is 14.2 Å². The number of carbonyl (C=O) groups is 3. The molecular formula is C46H52FN5O7. The van der Waals surface area contributed by atoms with Crippen molar-refractivity contribution in [2.45, 2.75) is 76.6 Å². The average molecular weight is 806 g/mol. The molecule has 59 heavy (non-hydrogen) atoms. The van der Waals surface area contributed by atoms with Crippen LogP contribution < -0.4 is 25.1 Å². The Morgan fingerprint density at radius 1 is 0.831 bits per heavy atom. The fourth-order valence-electron chi connectivity index (χ4n) is 10.3. The number of likely N-dealkylation sites (tertiary alicyclic amines) is 2. The first-order chi connectivity index (χ1) is 28.5. The van der Waals surface area contributed by atoms with Gasteiger partial charge in [-0.2, -0.15) is 0 Å². The Morgan fingerprint density at radius 2 is 1.56 bits per heavy atom. The van der Waals surface area contributed by atoms with Crippen LogP contribution in [0.5, 0.6) is 17.2 Å². The first-order valence-electron chi connectivity index (χ1n) is 20.9. The van der Waals surface area contributed by atoms with Crippen LogP contribution in [0.25, 0.3) is 21.9 Å². The minimum absolute atomic E-state index is 0.138. The lowest BCUT2D eigenvalue weighted by Crippen LogP contribution is -2.52. The molecule has 0 bridgehead atoms. The Balaban J connectivity index is 0.750. The number of amides is 3. The summed E-state index contributed by atoms with van der Waals surface area (Å²) >= 11 is 0. The van der Waals surface area contributed by atoms with Crippen molar-refractivity contribution in [1.82, 2.24) is 24.6 Å². The van der Waals surface area contributed by atoms with Crippen LogP contribution in [0.2, 0.25) is 0 Å². The normalized spacial score (nSPS) is 21.5. The summed E-state index contributed by atoms with van der Waals surface area (Å²) in [7, 11) is 5.01. The Bertz CT molecular complexity index is 2350. The maximum atomic E-state index is 14.1. The summed E-state index contributed by atoms with van der Waals surface area (Å²) in [6.07, 6.45) is 9.20. The molecule has 1 spiro atoms. The number of hydrogen-bond donors (Lipinski definition) is 1. The van der Waals surface area contributed by atoms with Crippen LogP contribution in [-0.4, -0.2) is 96.1 Å². The van der Waals surface area contributed by atoms with E-state index in [0.717, 1.165) is 92.2 Å². The van der Waals surface area contributed by atoms with Gasteiger partial charge in [0.15, 0.2) is 0 Å². The molecule has 1 atom stereocenters. The molecule has 4 fully saturated rings. The Labute approximate surface area is 343 Å². The number of methoxy groups -OCH3 is 2. The largest absolute Gasteiger partial charge is 0.496 e. The molecule has 310 valence electrons. The van der Waals surface area contributed by atoms with E-state index in [2.05, 4.69) is 15.1 Å². The number of aromatic nitrogens is 1. The second kappa shape index (κ2) is 15.7. The van der Waals surface area contributed by atoms with Crippen molar-refractivity contribution in [3.05, 3.63) is 87.6 Å². The standard InChI is InChI=1S/C46H52FN5O7/c1-49-26-37(34-7-5-31(47)20-36(34)44(49)55)30-18-40(57-2)38(41(19-30)58-3)27-50-14-10-28(11-15-50)24-51-16-12-46(13-17-51)22-33(23-46)59-32-6-4-29-25-52(45(56)35(29)21-32)39-8-9-42(53)48-43(39)54/h4-7,18-21,26,28,33,39H,8-17,22-25,27H2,1-3H3,(H,48,53,54). The maximum Gasteiger partial charge on any atom is 0.258 e. The number of benzene rings is 3. The summed E-state index contributed by atoms with van der Waals surface area (Å²) in [6.45, 7) is 6.41. The second-order valence-corrected chi connectivity index (χ2v) is 17.4. The zero-order chi connectivity index (χ0) is 41.0. The molecule has 13 heteroatoms. The number of rotatable bonds is 10. The van der Waals surface area contributed by atoms with Crippen LogP contribution in [0.1, 0.15) is 72.9 Å². The number of piperidine rings is 3. The zero-order valence-corrected chi connectivity index (χ0v) is 34.1. The summed E-state index contributed by atoms with van der Waals surface area (Å²) < 4.78 is 33.9. The molecule has 1 saturated carbocycles. The van der Waals surface area contributed by atoms with Crippen LogP contribution in [0, 0.1) is 17.2 Å². The SMILES string of the molecule is COc1cc(-c2cn(C)c(=O)c3cc(F)ccc23)cc(OC)c1CN1CCC(CN2CCC3(CC2)CC(Oc2ccc4c(c2)C(=O)N(C2CCC(=O)NC2=O)C4)C3)CC1. The highest BCUT2D eigenvalue weighted by molar-refractivity contribution is 6.05. The molecule has 3 aromatic carbocycles. The van der Waals surface area contributed by atoms with Crippen LogP contribution in [0.4, 0.5) is 4.39 Å². The Kier molecular flexibility index (Phi) is 10.4. The van der Waals surface area contributed by atoms with E-state index in [1.807, 2.05) is 30.3 Å². The fourth-order valence-corrected chi connectivity index (χ4v) is 10.3. The summed E-state index contributed by atoms with van der Waals surface area (Å²) in [5.41, 5.74) is 4.18. The molecule has 1 unspecified atom stereocenters. The summed E-state index contributed by atoms with van der Waals surface area (Å²) in [5.74, 6) is 1.49. The number of carbonyl (C=O) groups excluding carboxylic acids is 3. The van der Waals surface area contributed by atoms with Crippen molar-refractivity contribution >= 4 is 28.5 Å². The molecule has 5 aliphatic rings. The Morgan fingerprint density at radius 3 is 2.25 bits per heavy atom. The highest BCUT2D eigenvalue weighted by Gasteiger charge is 2.47. The zero-order valence-electron chi connectivity index (χ0n) is 34.1. The summed E-state index contributed by atoms with van der Waals surface area (Å²) in [4.78, 5) is 56.8. The van der Waals surface area contributed by atoms with E-state index in [-0.39, 0.29) is 29.9 Å². The van der Waals surface area contributed by atoms with Crippen molar-refractivity contribution in [1.29, 1.82) is 0 Å². The topological polar surface area (TPSA) is 123 Å². The molecule has 4 aromatic rings. The number of hydrogen-bond acceptors (Lipinski definition) is 9. The van der Waals surface area contributed by atoms with Gasteiger partial charge in [-0.25, -0.2) is 4.39 Å². The number of imide groups is 1. The minimum Gasteiger partial charge on any atom is -0.496 e. The van der Waals surface area contributed by atoms with Gasteiger partial charge in [0.05, 0.1) is 31.3 Å². The highest BCUT2D eigenvalue weighted by Crippen LogP contribution is 2.51. The smallest absolute Gasteiger partial charge is 0.258 e. The number of pyridine rings is 1. The lowest BCUT2D eigenvalue weighted by Gasteiger charge is -2.52. The molecule has 3 amide bonds. The molecule has 5 heterocycles. The number of fused-ring (bicyclic) bond motifs is 2. The predicted molar refractivity (Wildman–Crippen MR) is 220 cm³/mol. The lowest BCUT2D eigenvalue weighted by molar-refractivity contribution is -0.136. The fraction of sp³-hybridized carbons (Fsp3) is 0.478. The molecule has 9 rings (SSSR count). The van der Waals surface area contributed by atoms with Crippen molar-refractivity contribution < 1.29 is 33.0 Å². The molecule has 12 nitrogen and oxygen atoms in total. The highest BCUT2D eigenvalue weighted by atomic mass is 19.1. The minimum atomic E-state index is -0.619. The first kappa shape index (κ1) is 39.2. The van der Waals surface area contributed by atoms with E-state index >= 15 is 0 Å². The predicted octanol–water partition coefficient (Wildman–Crippen LogP) is 5.66. The third-order valence-corrected chi connectivity index (χ3v) is 13.7. The van der Waals surface area contributed by atoms with Crippen molar-refractivity contribution in [3.63, 3.8) is 0 Å². The number of ether oxygens (including phenoxy) is 3. The van der Waals surface area contributed by atoms with Gasteiger partial charge < -0.3 is 28.6 Å². The maximum absolute atomic E-state index is 14.1. The molecule has 0 radical (unpaired) electrons. The van der Waals surface area contributed by atoms with Crippen LogP contribution >= 0.6 is 0 Å². The van der Waals surface area contributed by atoms with Gasteiger partial charge in [-0.05, 0) is 135 Å². The number of halogens is 1. The second-order valence-electron chi connectivity index (χ2n) is 17.4. The van der Waals surface area contributed by atoms with E-state index in [9.17, 15) is 23.6 Å². The van der Waals surface area contributed by atoms with E-state index in [0.29, 0.717) is 52.9 Å². The monoisotopic (exact) mass is 805 g/mol. The van der Waals surface area contributed by atoms with Crippen LogP contribution in [0.3, 0.4) is 0 Å². The van der Waals surface area contributed by atoms with Gasteiger partial charge in [0.1, 0.15) is 29.1 Å². The quantitative estimate of drug-likeness (QED) is 0.203. The van der Waals surface area contributed by atoms with Crippen molar-refractivity contribution in [2.75, 3.05) is 46.9 Å². The van der Waals surface area contributed by atoms with Gasteiger partial charge in [0.2, 0.25) is 11.8 Å². The van der Waals surface area contributed by atoms with E-state index < -0.39 is 17.8 Å².